The standard InChI is InChI=1S/C11H24N2O/c1-10-9-11(5-6-12-10)13(2)7-4-8-14-3/h10-12H,4-9H2,1-3H3. The monoisotopic (exact) mass is 200 g/mol. The maximum atomic E-state index is 5.06. The van der Waals surface area contributed by atoms with E-state index in [-0.39, 0.29) is 0 Å². The molecule has 3 nitrogen and oxygen atoms in total. The van der Waals surface area contributed by atoms with E-state index in [4.69, 9.17) is 4.74 Å². The number of hydrogen-bond acceptors (Lipinski definition) is 3. The van der Waals surface area contributed by atoms with Crippen LogP contribution in [0.1, 0.15) is 26.2 Å². The molecule has 0 aromatic rings. The Morgan fingerprint density at radius 3 is 2.93 bits per heavy atom. The first-order valence-electron chi connectivity index (χ1n) is 5.66. The maximum absolute atomic E-state index is 5.06. The van der Waals surface area contributed by atoms with E-state index >= 15 is 0 Å². The second-order valence-electron chi connectivity index (χ2n) is 4.36. The van der Waals surface area contributed by atoms with Crippen molar-refractivity contribution in [3.8, 4) is 0 Å². The Morgan fingerprint density at radius 2 is 2.29 bits per heavy atom. The Hall–Kier alpha value is -0.120. The fourth-order valence-corrected chi connectivity index (χ4v) is 2.15. The smallest absolute Gasteiger partial charge is 0.0474 e. The summed E-state index contributed by atoms with van der Waals surface area (Å²) in [6.45, 7) is 5.48. The lowest BCUT2D eigenvalue weighted by Gasteiger charge is -2.34. The minimum Gasteiger partial charge on any atom is -0.385 e. The van der Waals surface area contributed by atoms with E-state index < -0.39 is 0 Å². The summed E-state index contributed by atoms with van der Waals surface area (Å²) in [4.78, 5) is 2.48. The van der Waals surface area contributed by atoms with Gasteiger partial charge >= 0.3 is 0 Å². The van der Waals surface area contributed by atoms with E-state index in [1.807, 2.05) is 0 Å². The first kappa shape index (κ1) is 12.0. The molecule has 2 atom stereocenters. The molecule has 0 amide bonds. The molecule has 1 heterocycles. The van der Waals surface area contributed by atoms with Gasteiger partial charge in [0.2, 0.25) is 0 Å². The van der Waals surface area contributed by atoms with Gasteiger partial charge in [0.15, 0.2) is 0 Å². The van der Waals surface area contributed by atoms with Crippen LogP contribution in [-0.4, -0.2) is 50.8 Å². The predicted molar refractivity (Wildman–Crippen MR) is 59.6 cm³/mol. The minimum atomic E-state index is 0.679. The summed E-state index contributed by atoms with van der Waals surface area (Å²) in [6.07, 6.45) is 3.71. The van der Waals surface area contributed by atoms with Gasteiger partial charge in [0.05, 0.1) is 0 Å². The highest BCUT2D eigenvalue weighted by atomic mass is 16.5. The van der Waals surface area contributed by atoms with Gasteiger partial charge < -0.3 is 15.0 Å². The quantitative estimate of drug-likeness (QED) is 0.673. The highest BCUT2D eigenvalue weighted by Gasteiger charge is 2.21. The molecular weight excluding hydrogens is 176 g/mol. The molecule has 1 rings (SSSR count). The zero-order valence-electron chi connectivity index (χ0n) is 9.75. The molecule has 1 aliphatic heterocycles. The summed E-state index contributed by atoms with van der Waals surface area (Å²) in [5.74, 6) is 0. The van der Waals surface area contributed by atoms with Crippen molar-refractivity contribution >= 4 is 0 Å². The molecule has 14 heavy (non-hydrogen) atoms. The highest BCUT2D eigenvalue weighted by Crippen LogP contribution is 2.14. The first-order valence-corrected chi connectivity index (χ1v) is 5.66. The maximum Gasteiger partial charge on any atom is 0.0474 e. The average molecular weight is 200 g/mol. The summed E-state index contributed by atoms with van der Waals surface area (Å²) < 4.78 is 5.06. The van der Waals surface area contributed by atoms with Crippen LogP contribution < -0.4 is 5.32 Å². The number of piperidine rings is 1. The lowest BCUT2D eigenvalue weighted by Crippen LogP contribution is -2.45. The average Bonchev–Trinajstić information content (AvgIpc) is 2.18. The van der Waals surface area contributed by atoms with Crippen LogP contribution in [0.4, 0.5) is 0 Å². The number of nitrogens with zero attached hydrogens (tertiary/aromatic N) is 1. The topological polar surface area (TPSA) is 24.5 Å². The van der Waals surface area contributed by atoms with Crippen molar-refractivity contribution in [2.24, 2.45) is 0 Å². The number of ether oxygens (including phenoxy) is 1. The first-order chi connectivity index (χ1) is 6.74. The van der Waals surface area contributed by atoms with E-state index in [9.17, 15) is 0 Å². The summed E-state index contributed by atoms with van der Waals surface area (Å²) in [7, 11) is 4.00. The molecule has 1 N–H and O–H groups in total. The predicted octanol–water partition coefficient (Wildman–Crippen LogP) is 1.10. The molecule has 0 spiro atoms. The summed E-state index contributed by atoms with van der Waals surface area (Å²) in [6, 6.07) is 1.45. The highest BCUT2D eigenvalue weighted by molar-refractivity contribution is 4.80. The lowest BCUT2D eigenvalue weighted by atomic mass is 9.99. The van der Waals surface area contributed by atoms with Gasteiger partial charge in [-0.2, -0.15) is 0 Å². The zero-order chi connectivity index (χ0) is 10.4. The molecule has 0 aromatic carbocycles. The number of hydrogen-bond donors (Lipinski definition) is 1. The van der Waals surface area contributed by atoms with Gasteiger partial charge in [0, 0.05) is 32.3 Å². The third-order valence-electron chi connectivity index (χ3n) is 3.08. The van der Waals surface area contributed by atoms with Crippen molar-refractivity contribution < 1.29 is 4.74 Å². The van der Waals surface area contributed by atoms with Crippen molar-refractivity contribution in [3.63, 3.8) is 0 Å². The number of nitrogens with one attached hydrogen (secondary N) is 1. The molecule has 0 aromatic heterocycles. The Bertz CT molecular complexity index is 152. The van der Waals surface area contributed by atoms with Gasteiger partial charge in [-0.05, 0) is 39.8 Å². The summed E-state index contributed by atoms with van der Waals surface area (Å²) in [5.41, 5.74) is 0. The van der Waals surface area contributed by atoms with E-state index in [1.54, 1.807) is 7.11 Å². The molecule has 1 aliphatic rings. The number of rotatable bonds is 5. The van der Waals surface area contributed by atoms with Crippen molar-refractivity contribution in [1.82, 2.24) is 10.2 Å². The fraction of sp³-hybridized carbons (Fsp3) is 1.00. The van der Waals surface area contributed by atoms with E-state index in [1.165, 1.54) is 19.4 Å². The van der Waals surface area contributed by atoms with Crippen LogP contribution in [0.3, 0.4) is 0 Å². The summed E-state index contributed by atoms with van der Waals surface area (Å²) in [5, 5.41) is 3.48. The Kier molecular flexibility index (Phi) is 5.45. The minimum absolute atomic E-state index is 0.679. The van der Waals surface area contributed by atoms with Gasteiger partial charge in [-0.15, -0.1) is 0 Å². The Labute approximate surface area is 87.8 Å². The molecule has 0 saturated carbocycles. The van der Waals surface area contributed by atoms with Crippen LogP contribution in [-0.2, 0) is 4.74 Å². The van der Waals surface area contributed by atoms with Gasteiger partial charge in [0.25, 0.3) is 0 Å². The molecule has 0 bridgehead atoms. The van der Waals surface area contributed by atoms with E-state index in [0.717, 1.165) is 25.6 Å². The van der Waals surface area contributed by atoms with Crippen molar-refractivity contribution in [2.75, 3.05) is 33.9 Å². The van der Waals surface area contributed by atoms with Gasteiger partial charge in [-0.25, -0.2) is 0 Å². The largest absolute Gasteiger partial charge is 0.385 e. The second kappa shape index (κ2) is 6.38. The molecule has 0 aliphatic carbocycles. The second-order valence-corrected chi connectivity index (χ2v) is 4.36. The fourth-order valence-electron chi connectivity index (χ4n) is 2.15. The van der Waals surface area contributed by atoms with Gasteiger partial charge in [0.1, 0.15) is 0 Å². The summed E-state index contributed by atoms with van der Waals surface area (Å²) >= 11 is 0. The molecular formula is C11H24N2O. The molecule has 0 radical (unpaired) electrons. The number of methoxy groups -OCH3 is 1. The normalized spacial score (nSPS) is 28.3. The third-order valence-corrected chi connectivity index (χ3v) is 3.08. The van der Waals surface area contributed by atoms with Crippen LogP contribution in [0.2, 0.25) is 0 Å². The van der Waals surface area contributed by atoms with Gasteiger partial charge in [-0.3, -0.25) is 0 Å². The van der Waals surface area contributed by atoms with Crippen LogP contribution in [0, 0.1) is 0 Å². The van der Waals surface area contributed by atoms with Crippen molar-refractivity contribution in [3.05, 3.63) is 0 Å². The molecule has 1 fully saturated rings. The van der Waals surface area contributed by atoms with Crippen LogP contribution in [0.25, 0.3) is 0 Å². The lowest BCUT2D eigenvalue weighted by molar-refractivity contribution is 0.145. The van der Waals surface area contributed by atoms with Crippen LogP contribution in [0.15, 0.2) is 0 Å². The third kappa shape index (κ3) is 3.95. The molecule has 2 unspecified atom stereocenters. The molecule has 1 saturated heterocycles. The van der Waals surface area contributed by atoms with Crippen LogP contribution in [0.5, 0.6) is 0 Å². The molecule has 84 valence electrons. The zero-order valence-corrected chi connectivity index (χ0v) is 9.75. The van der Waals surface area contributed by atoms with Gasteiger partial charge in [-0.1, -0.05) is 0 Å². The SMILES string of the molecule is COCCCN(C)C1CCNC(C)C1. The molecule has 3 heteroatoms. The van der Waals surface area contributed by atoms with E-state index in [0.29, 0.717) is 6.04 Å². The van der Waals surface area contributed by atoms with Crippen LogP contribution >= 0.6 is 0 Å². The Morgan fingerprint density at radius 1 is 1.50 bits per heavy atom. The van der Waals surface area contributed by atoms with Crippen molar-refractivity contribution in [1.29, 1.82) is 0 Å². The van der Waals surface area contributed by atoms with Crippen molar-refractivity contribution in [2.45, 2.75) is 38.3 Å². The Balaban J connectivity index is 2.18. The van der Waals surface area contributed by atoms with E-state index in [2.05, 4.69) is 24.2 Å².